The molecule has 0 spiro atoms. The molecule has 21 heavy (non-hydrogen) atoms. The van der Waals surface area contributed by atoms with Crippen LogP contribution in [0, 0.1) is 5.92 Å². The second-order valence-corrected chi connectivity index (χ2v) is 5.24. The zero-order valence-corrected chi connectivity index (χ0v) is 12.6. The van der Waals surface area contributed by atoms with Crippen molar-refractivity contribution in [3.8, 4) is 0 Å². The number of carboxylic acids is 1. The molecule has 1 aliphatic rings. The normalized spacial score (nSPS) is 21.7. The Morgan fingerprint density at radius 3 is 2.71 bits per heavy atom. The van der Waals surface area contributed by atoms with E-state index in [-0.39, 0.29) is 24.3 Å². The van der Waals surface area contributed by atoms with Crippen molar-refractivity contribution >= 4 is 18.0 Å². The molecule has 1 saturated heterocycles. The highest BCUT2D eigenvalue weighted by Gasteiger charge is 2.36. The molecule has 0 aromatic carbocycles. The maximum Gasteiger partial charge on any atom is 0.326 e. The third kappa shape index (κ3) is 5.24. The maximum absolute atomic E-state index is 12.1. The first-order valence-electron chi connectivity index (χ1n) is 7.40. The molecule has 2 N–H and O–H groups in total. The van der Waals surface area contributed by atoms with Gasteiger partial charge in [0.2, 0.25) is 0 Å². The van der Waals surface area contributed by atoms with Crippen LogP contribution in [0.15, 0.2) is 0 Å². The van der Waals surface area contributed by atoms with E-state index in [1.165, 1.54) is 4.90 Å². The van der Waals surface area contributed by atoms with Gasteiger partial charge in [0.25, 0.3) is 0 Å². The first-order chi connectivity index (χ1) is 9.97. The van der Waals surface area contributed by atoms with Gasteiger partial charge in [-0.05, 0) is 32.1 Å². The third-order valence-electron chi connectivity index (χ3n) is 3.59. The average molecular weight is 300 g/mol. The molecule has 0 bridgehead atoms. The summed E-state index contributed by atoms with van der Waals surface area (Å²) in [5.41, 5.74) is 0. The van der Waals surface area contributed by atoms with E-state index in [0.717, 1.165) is 12.8 Å². The number of carbonyl (C=O) groups excluding carboxylic acids is 2. The molecule has 2 amide bonds. The summed E-state index contributed by atoms with van der Waals surface area (Å²) in [5.74, 6) is -1.31. The molecule has 0 aromatic heterocycles. The van der Waals surface area contributed by atoms with Crippen molar-refractivity contribution in [2.45, 2.75) is 45.6 Å². The standard InChI is InChI=1S/C14H24N2O5/c1-3-21-11(17)7-4-8-15-14(20)16-9-5-6-10(2)12(16)13(18)19/h10,12H,3-9H2,1-2H3,(H,15,20)(H,18,19). The molecule has 120 valence electrons. The molecule has 0 aromatic rings. The number of nitrogens with one attached hydrogen (secondary N) is 1. The lowest BCUT2D eigenvalue weighted by molar-refractivity contribution is -0.145. The van der Waals surface area contributed by atoms with Crippen LogP contribution in [0.25, 0.3) is 0 Å². The number of likely N-dealkylation sites (tertiary alicyclic amines) is 1. The van der Waals surface area contributed by atoms with E-state index in [1.807, 2.05) is 6.92 Å². The Morgan fingerprint density at radius 1 is 1.38 bits per heavy atom. The molecular weight excluding hydrogens is 276 g/mol. The Morgan fingerprint density at radius 2 is 2.10 bits per heavy atom. The molecule has 7 heteroatoms. The summed E-state index contributed by atoms with van der Waals surface area (Å²) < 4.78 is 4.79. The van der Waals surface area contributed by atoms with E-state index < -0.39 is 12.0 Å². The number of carbonyl (C=O) groups is 3. The van der Waals surface area contributed by atoms with Crippen LogP contribution in [0.1, 0.15) is 39.5 Å². The fourth-order valence-electron chi connectivity index (χ4n) is 2.56. The molecule has 2 atom stereocenters. The second kappa shape index (κ2) is 8.49. The van der Waals surface area contributed by atoms with Crippen LogP contribution in [0.2, 0.25) is 0 Å². The van der Waals surface area contributed by atoms with E-state index >= 15 is 0 Å². The van der Waals surface area contributed by atoms with Gasteiger partial charge in [0, 0.05) is 19.5 Å². The molecule has 0 radical (unpaired) electrons. The van der Waals surface area contributed by atoms with Gasteiger partial charge in [-0.3, -0.25) is 4.79 Å². The predicted octanol–water partition coefficient (Wildman–Crippen LogP) is 1.22. The molecule has 1 heterocycles. The Labute approximate surface area is 124 Å². The zero-order chi connectivity index (χ0) is 15.8. The molecule has 1 aliphatic heterocycles. The van der Waals surface area contributed by atoms with Crippen molar-refractivity contribution in [2.24, 2.45) is 5.92 Å². The van der Waals surface area contributed by atoms with Gasteiger partial charge in [-0.2, -0.15) is 0 Å². The summed E-state index contributed by atoms with van der Waals surface area (Å²) in [4.78, 5) is 35.9. The topological polar surface area (TPSA) is 95.9 Å². The lowest BCUT2D eigenvalue weighted by atomic mass is 9.91. The van der Waals surface area contributed by atoms with E-state index in [9.17, 15) is 19.5 Å². The number of esters is 1. The minimum Gasteiger partial charge on any atom is -0.480 e. The smallest absolute Gasteiger partial charge is 0.326 e. The van der Waals surface area contributed by atoms with Gasteiger partial charge in [-0.1, -0.05) is 6.92 Å². The van der Waals surface area contributed by atoms with Gasteiger partial charge in [-0.15, -0.1) is 0 Å². The van der Waals surface area contributed by atoms with Crippen molar-refractivity contribution in [1.82, 2.24) is 10.2 Å². The summed E-state index contributed by atoms with van der Waals surface area (Å²) in [7, 11) is 0. The van der Waals surface area contributed by atoms with E-state index in [2.05, 4.69) is 5.32 Å². The molecular formula is C14H24N2O5. The van der Waals surface area contributed by atoms with Gasteiger partial charge < -0.3 is 20.1 Å². The van der Waals surface area contributed by atoms with Crippen molar-refractivity contribution in [3.63, 3.8) is 0 Å². The first kappa shape index (κ1) is 17.3. The number of carboxylic acid groups (broad SMARTS) is 1. The Kier molecular flexibility index (Phi) is 6.98. The fraction of sp³-hybridized carbons (Fsp3) is 0.786. The molecule has 1 fully saturated rings. The van der Waals surface area contributed by atoms with Crippen LogP contribution >= 0.6 is 0 Å². The summed E-state index contributed by atoms with van der Waals surface area (Å²) in [6.07, 6.45) is 2.34. The number of ether oxygens (including phenoxy) is 1. The summed E-state index contributed by atoms with van der Waals surface area (Å²) in [6.45, 7) is 4.71. The highest BCUT2D eigenvalue weighted by atomic mass is 16.5. The number of aliphatic carboxylic acids is 1. The Balaban J connectivity index is 2.39. The highest BCUT2D eigenvalue weighted by Crippen LogP contribution is 2.23. The lowest BCUT2D eigenvalue weighted by Gasteiger charge is -2.37. The number of piperidine rings is 1. The lowest BCUT2D eigenvalue weighted by Crippen LogP contribution is -2.55. The van der Waals surface area contributed by atoms with Crippen LogP contribution in [0.3, 0.4) is 0 Å². The quantitative estimate of drug-likeness (QED) is 0.568. The summed E-state index contributed by atoms with van der Waals surface area (Å²) in [6, 6.07) is -1.15. The summed E-state index contributed by atoms with van der Waals surface area (Å²) in [5, 5.41) is 11.9. The van der Waals surface area contributed by atoms with E-state index in [0.29, 0.717) is 26.1 Å². The van der Waals surface area contributed by atoms with Gasteiger partial charge in [0.15, 0.2) is 0 Å². The number of rotatable bonds is 6. The SMILES string of the molecule is CCOC(=O)CCCNC(=O)N1CCCC(C)C1C(=O)O. The van der Waals surface area contributed by atoms with Crippen molar-refractivity contribution in [3.05, 3.63) is 0 Å². The van der Waals surface area contributed by atoms with Gasteiger partial charge in [-0.25, -0.2) is 9.59 Å². The number of urea groups is 1. The molecule has 1 rings (SSSR count). The van der Waals surface area contributed by atoms with Crippen LogP contribution in [-0.2, 0) is 14.3 Å². The Hall–Kier alpha value is -1.79. The minimum absolute atomic E-state index is 0.0541. The average Bonchev–Trinajstić information content (AvgIpc) is 2.43. The molecule has 0 saturated carbocycles. The van der Waals surface area contributed by atoms with Crippen molar-refractivity contribution in [2.75, 3.05) is 19.7 Å². The zero-order valence-electron chi connectivity index (χ0n) is 12.6. The van der Waals surface area contributed by atoms with Crippen LogP contribution in [-0.4, -0.2) is 53.7 Å². The van der Waals surface area contributed by atoms with Gasteiger partial charge in [0.1, 0.15) is 6.04 Å². The minimum atomic E-state index is -0.969. The fourth-order valence-corrected chi connectivity index (χ4v) is 2.56. The van der Waals surface area contributed by atoms with Crippen molar-refractivity contribution in [1.29, 1.82) is 0 Å². The Bertz CT molecular complexity index is 386. The number of nitrogens with zero attached hydrogens (tertiary/aromatic N) is 1. The monoisotopic (exact) mass is 300 g/mol. The molecule has 7 nitrogen and oxygen atoms in total. The number of hydrogen-bond acceptors (Lipinski definition) is 4. The number of amides is 2. The van der Waals surface area contributed by atoms with Gasteiger partial charge >= 0.3 is 18.0 Å². The second-order valence-electron chi connectivity index (χ2n) is 5.24. The third-order valence-corrected chi connectivity index (χ3v) is 3.59. The summed E-state index contributed by atoms with van der Waals surface area (Å²) >= 11 is 0. The van der Waals surface area contributed by atoms with Crippen LogP contribution < -0.4 is 5.32 Å². The van der Waals surface area contributed by atoms with Crippen LogP contribution in [0.5, 0.6) is 0 Å². The van der Waals surface area contributed by atoms with Crippen molar-refractivity contribution < 1.29 is 24.2 Å². The molecule has 2 unspecified atom stereocenters. The van der Waals surface area contributed by atoms with Crippen LogP contribution in [0.4, 0.5) is 4.79 Å². The largest absolute Gasteiger partial charge is 0.480 e. The highest BCUT2D eigenvalue weighted by molar-refractivity contribution is 5.83. The number of hydrogen-bond donors (Lipinski definition) is 2. The van der Waals surface area contributed by atoms with Gasteiger partial charge in [0.05, 0.1) is 6.61 Å². The molecule has 0 aliphatic carbocycles. The predicted molar refractivity (Wildman–Crippen MR) is 75.8 cm³/mol. The first-order valence-corrected chi connectivity index (χ1v) is 7.40. The maximum atomic E-state index is 12.1. The van der Waals surface area contributed by atoms with E-state index in [1.54, 1.807) is 6.92 Å². The van der Waals surface area contributed by atoms with E-state index in [4.69, 9.17) is 4.74 Å².